The van der Waals surface area contributed by atoms with E-state index in [0.29, 0.717) is 10.6 Å². The fourth-order valence-corrected chi connectivity index (χ4v) is 1.58. The minimum absolute atomic E-state index is 0.292. The number of nitrogens with one attached hydrogen (secondary N) is 2. The van der Waals surface area contributed by atoms with Gasteiger partial charge in [0.05, 0.1) is 20.2 Å². The van der Waals surface area contributed by atoms with Gasteiger partial charge in [-0.1, -0.05) is 17.7 Å². The van der Waals surface area contributed by atoms with Crippen molar-refractivity contribution in [2.45, 2.75) is 6.10 Å². The maximum atomic E-state index is 11.7. The quantitative estimate of drug-likeness (QED) is 0.626. The van der Waals surface area contributed by atoms with Gasteiger partial charge in [0.1, 0.15) is 0 Å². The molecule has 1 atom stereocenters. The van der Waals surface area contributed by atoms with Crippen LogP contribution in [0.25, 0.3) is 0 Å². The number of hydrogen-bond acceptors (Lipinski definition) is 5. The zero-order valence-corrected chi connectivity index (χ0v) is 12.0. The Morgan fingerprint density at radius 3 is 2.67 bits per heavy atom. The van der Waals surface area contributed by atoms with Gasteiger partial charge in [-0.05, 0) is 18.2 Å². The van der Waals surface area contributed by atoms with E-state index >= 15 is 0 Å². The highest BCUT2D eigenvalue weighted by molar-refractivity contribution is 6.30. The van der Waals surface area contributed by atoms with Crippen LogP contribution in [0.2, 0.25) is 5.02 Å². The van der Waals surface area contributed by atoms with Crippen molar-refractivity contribution in [3.8, 4) is 0 Å². The number of methoxy groups -OCH3 is 1. The van der Waals surface area contributed by atoms with Crippen LogP contribution in [0.1, 0.15) is 10.4 Å². The summed E-state index contributed by atoms with van der Waals surface area (Å²) < 4.78 is 4.29. The average molecular weight is 315 g/mol. The second-order valence-corrected chi connectivity index (χ2v) is 4.47. The van der Waals surface area contributed by atoms with Crippen LogP contribution in [0.5, 0.6) is 0 Å². The third-order valence-electron chi connectivity index (χ3n) is 2.46. The first-order valence-corrected chi connectivity index (χ1v) is 6.38. The molecule has 0 saturated carbocycles. The Labute approximate surface area is 126 Å². The van der Waals surface area contributed by atoms with E-state index in [9.17, 15) is 19.5 Å². The van der Waals surface area contributed by atoms with Crippen molar-refractivity contribution in [1.82, 2.24) is 10.6 Å². The molecular weight excluding hydrogens is 300 g/mol. The smallest absolute Gasteiger partial charge is 0.336 e. The van der Waals surface area contributed by atoms with E-state index in [2.05, 4.69) is 15.4 Å². The van der Waals surface area contributed by atoms with E-state index in [0.717, 1.165) is 7.11 Å². The number of carbonyl (C=O) groups is 3. The van der Waals surface area contributed by atoms with Crippen LogP contribution in [0, 0.1) is 0 Å². The van der Waals surface area contributed by atoms with Crippen molar-refractivity contribution >= 4 is 29.4 Å². The third-order valence-corrected chi connectivity index (χ3v) is 2.70. The lowest BCUT2D eigenvalue weighted by Crippen LogP contribution is -2.42. The molecule has 114 valence electrons. The van der Waals surface area contributed by atoms with E-state index in [1.165, 1.54) is 6.07 Å². The summed E-state index contributed by atoms with van der Waals surface area (Å²) in [6, 6.07) is 6.26. The van der Waals surface area contributed by atoms with Gasteiger partial charge in [0.15, 0.2) is 6.10 Å². The van der Waals surface area contributed by atoms with Gasteiger partial charge in [-0.15, -0.1) is 0 Å². The van der Waals surface area contributed by atoms with Crippen molar-refractivity contribution < 1.29 is 24.2 Å². The lowest BCUT2D eigenvalue weighted by molar-refractivity contribution is -0.150. The molecule has 1 aromatic carbocycles. The maximum Gasteiger partial charge on any atom is 0.336 e. The second-order valence-electron chi connectivity index (χ2n) is 4.04. The number of benzene rings is 1. The summed E-state index contributed by atoms with van der Waals surface area (Å²) >= 11 is 5.75. The number of rotatable bonds is 6. The highest BCUT2D eigenvalue weighted by Crippen LogP contribution is 2.10. The molecule has 0 fully saturated rings. The van der Waals surface area contributed by atoms with Crippen LogP contribution in [0.3, 0.4) is 0 Å². The molecule has 1 aromatic rings. The van der Waals surface area contributed by atoms with Crippen LogP contribution in [-0.4, -0.2) is 49.2 Å². The number of aliphatic hydroxyl groups is 1. The molecule has 2 amide bonds. The van der Waals surface area contributed by atoms with E-state index in [4.69, 9.17) is 11.6 Å². The van der Waals surface area contributed by atoms with Crippen LogP contribution in [0.4, 0.5) is 0 Å². The molecule has 0 spiro atoms. The normalized spacial score (nSPS) is 11.4. The van der Waals surface area contributed by atoms with Gasteiger partial charge >= 0.3 is 5.97 Å². The Hall–Kier alpha value is -2.12. The van der Waals surface area contributed by atoms with Crippen LogP contribution >= 0.6 is 11.6 Å². The van der Waals surface area contributed by atoms with Crippen molar-refractivity contribution in [2.24, 2.45) is 0 Å². The summed E-state index contributed by atoms with van der Waals surface area (Å²) in [5, 5.41) is 14.3. The standard InChI is InChI=1S/C13H15ClN2O5/c1-21-13(20)10(17)6-15-11(18)7-16-12(19)8-3-2-4-9(14)5-8/h2-5,10,17H,6-7H2,1H3,(H,15,18)(H,16,19). The number of ether oxygens (including phenoxy) is 1. The molecule has 0 aliphatic rings. The van der Waals surface area contributed by atoms with Crippen molar-refractivity contribution in [1.29, 1.82) is 0 Å². The van der Waals surface area contributed by atoms with Crippen LogP contribution in [0.15, 0.2) is 24.3 Å². The van der Waals surface area contributed by atoms with E-state index in [1.807, 2.05) is 0 Å². The predicted octanol–water partition coefficient (Wildman–Crippen LogP) is -0.280. The van der Waals surface area contributed by atoms with Gasteiger partial charge in [-0.2, -0.15) is 0 Å². The molecule has 3 N–H and O–H groups in total. The zero-order valence-electron chi connectivity index (χ0n) is 11.3. The van der Waals surface area contributed by atoms with Crippen molar-refractivity contribution in [2.75, 3.05) is 20.2 Å². The molecule has 0 heterocycles. The molecule has 1 rings (SSSR count). The molecular formula is C13H15ClN2O5. The lowest BCUT2D eigenvalue weighted by Gasteiger charge is -2.10. The number of hydrogen-bond donors (Lipinski definition) is 3. The summed E-state index contributed by atoms with van der Waals surface area (Å²) in [6.45, 7) is -0.586. The van der Waals surface area contributed by atoms with Gasteiger partial charge < -0.3 is 20.5 Å². The number of esters is 1. The van der Waals surface area contributed by atoms with Crippen LogP contribution < -0.4 is 10.6 Å². The molecule has 8 heteroatoms. The fraction of sp³-hybridized carbons (Fsp3) is 0.308. The molecule has 7 nitrogen and oxygen atoms in total. The summed E-state index contributed by atoms with van der Waals surface area (Å²) in [6.07, 6.45) is -1.44. The Morgan fingerprint density at radius 2 is 2.05 bits per heavy atom. The average Bonchev–Trinajstić information content (AvgIpc) is 2.49. The largest absolute Gasteiger partial charge is 0.467 e. The van der Waals surface area contributed by atoms with Gasteiger partial charge in [0.25, 0.3) is 5.91 Å². The monoisotopic (exact) mass is 314 g/mol. The molecule has 0 bridgehead atoms. The Bertz CT molecular complexity index is 535. The minimum atomic E-state index is -1.44. The summed E-state index contributed by atoms with van der Waals surface area (Å²) in [4.78, 5) is 34.1. The highest BCUT2D eigenvalue weighted by atomic mass is 35.5. The second kappa shape index (κ2) is 8.23. The zero-order chi connectivity index (χ0) is 15.8. The molecule has 0 radical (unpaired) electrons. The van der Waals surface area contributed by atoms with Gasteiger partial charge in [0, 0.05) is 10.6 Å². The van der Waals surface area contributed by atoms with Gasteiger partial charge in [-0.25, -0.2) is 4.79 Å². The topological polar surface area (TPSA) is 105 Å². The fourth-order valence-electron chi connectivity index (χ4n) is 1.38. The first-order chi connectivity index (χ1) is 9.93. The van der Waals surface area contributed by atoms with E-state index in [1.54, 1.807) is 18.2 Å². The van der Waals surface area contributed by atoms with Crippen molar-refractivity contribution in [3.63, 3.8) is 0 Å². The number of halogens is 1. The molecule has 0 saturated heterocycles. The van der Waals surface area contributed by atoms with E-state index < -0.39 is 23.9 Å². The summed E-state index contributed by atoms with van der Waals surface area (Å²) in [5.74, 6) is -1.85. The first kappa shape index (κ1) is 16.9. The summed E-state index contributed by atoms with van der Waals surface area (Å²) in [5.41, 5.74) is 0.324. The number of aliphatic hydroxyl groups excluding tert-OH is 1. The first-order valence-electron chi connectivity index (χ1n) is 6.00. The van der Waals surface area contributed by atoms with Crippen LogP contribution in [-0.2, 0) is 14.3 Å². The molecule has 0 aliphatic heterocycles. The lowest BCUT2D eigenvalue weighted by atomic mass is 10.2. The van der Waals surface area contributed by atoms with Crippen molar-refractivity contribution in [3.05, 3.63) is 34.9 Å². The maximum absolute atomic E-state index is 11.7. The van der Waals surface area contributed by atoms with Gasteiger partial charge in [0.2, 0.25) is 5.91 Å². The molecule has 1 unspecified atom stereocenters. The number of carbonyl (C=O) groups excluding carboxylic acids is 3. The SMILES string of the molecule is COC(=O)C(O)CNC(=O)CNC(=O)c1cccc(Cl)c1. The molecule has 0 aromatic heterocycles. The Kier molecular flexibility index (Phi) is 6.64. The number of amides is 2. The molecule has 21 heavy (non-hydrogen) atoms. The van der Waals surface area contributed by atoms with Gasteiger partial charge in [-0.3, -0.25) is 9.59 Å². The predicted molar refractivity (Wildman–Crippen MR) is 74.8 cm³/mol. The molecule has 0 aliphatic carbocycles. The Morgan fingerprint density at radius 1 is 1.33 bits per heavy atom. The Balaban J connectivity index is 2.36. The van der Waals surface area contributed by atoms with E-state index in [-0.39, 0.29) is 13.1 Å². The highest BCUT2D eigenvalue weighted by Gasteiger charge is 2.16. The minimum Gasteiger partial charge on any atom is -0.467 e. The third kappa shape index (κ3) is 5.80. The summed E-state index contributed by atoms with van der Waals surface area (Å²) in [7, 11) is 1.12.